The Balaban J connectivity index is 0.00000220. The maximum Gasteiger partial charge on any atom is 0.173 e. The molecule has 0 aromatic heterocycles. The van der Waals surface area contributed by atoms with Gasteiger partial charge in [0.25, 0.3) is 0 Å². The number of hydrogen-bond acceptors (Lipinski definition) is 1. The first-order chi connectivity index (χ1) is 9.66. The van der Waals surface area contributed by atoms with Crippen molar-refractivity contribution in [2.45, 2.75) is 33.9 Å². The van der Waals surface area contributed by atoms with E-state index in [2.05, 4.69) is 12.1 Å². The van der Waals surface area contributed by atoms with Crippen molar-refractivity contribution in [3.63, 3.8) is 0 Å². The van der Waals surface area contributed by atoms with Crippen molar-refractivity contribution < 1.29 is 9.13 Å². The van der Waals surface area contributed by atoms with Crippen LogP contribution in [0, 0.1) is 5.82 Å². The number of rotatable bonds is 6. The van der Waals surface area contributed by atoms with Crippen LogP contribution in [0.4, 0.5) is 4.39 Å². The van der Waals surface area contributed by atoms with Gasteiger partial charge in [-0.2, -0.15) is 0 Å². The Kier molecular flexibility index (Phi) is 7.00. The molecule has 21 heavy (non-hydrogen) atoms. The Labute approximate surface area is 128 Å². The second kappa shape index (κ2) is 8.51. The van der Waals surface area contributed by atoms with Gasteiger partial charge in [-0.25, -0.2) is 4.39 Å². The molecule has 2 aromatic carbocycles. The molecular weight excluding hydrogens is 262 g/mol. The summed E-state index contributed by atoms with van der Waals surface area (Å²) in [4.78, 5) is 0. The van der Waals surface area contributed by atoms with E-state index >= 15 is 0 Å². The molecule has 0 saturated carbocycles. The molecule has 0 atom stereocenters. The average molecular weight is 286 g/mol. The van der Waals surface area contributed by atoms with Crippen LogP contribution in [0.5, 0.6) is 5.75 Å². The Morgan fingerprint density at radius 1 is 1.05 bits per heavy atom. The normalized spacial score (nSPS) is 9.86. The molecule has 3 heteroatoms. The number of aryl methyl sites for hydroxylation is 1. The van der Waals surface area contributed by atoms with E-state index < -0.39 is 0 Å². The van der Waals surface area contributed by atoms with Crippen molar-refractivity contribution in [3.8, 4) is 5.75 Å². The van der Waals surface area contributed by atoms with E-state index in [4.69, 9.17) is 4.74 Å². The summed E-state index contributed by atoms with van der Waals surface area (Å²) in [5, 5.41) is 0. The van der Waals surface area contributed by atoms with E-state index in [-0.39, 0.29) is 20.0 Å². The zero-order chi connectivity index (χ0) is 14.4. The van der Waals surface area contributed by atoms with Gasteiger partial charge in [0, 0.05) is 6.07 Å². The van der Waals surface area contributed by atoms with Gasteiger partial charge in [0.15, 0.2) is 6.71 Å². The Bertz CT molecular complexity index is 540. The van der Waals surface area contributed by atoms with Gasteiger partial charge < -0.3 is 4.74 Å². The molecule has 0 spiro atoms. The fraction of sp³-hybridized carbons (Fsp3) is 0.333. The van der Waals surface area contributed by atoms with Gasteiger partial charge in [-0.15, -0.1) is 0 Å². The Hall–Kier alpha value is -1.77. The van der Waals surface area contributed by atoms with Crippen molar-refractivity contribution in [2.24, 2.45) is 0 Å². The minimum absolute atomic E-state index is 0. The summed E-state index contributed by atoms with van der Waals surface area (Å²) in [6.45, 7) is 4.77. The number of benzene rings is 2. The van der Waals surface area contributed by atoms with Gasteiger partial charge in [-0.05, 0) is 29.9 Å². The first-order valence-electron chi connectivity index (χ1n) is 7.13. The average Bonchev–Trinajstić information content (AvgIpc) is 2.44. The van der Waals surface area contributed by atoms with Crippen molar-refractivity contribution in [1.82, 2.24) is 0 Å². The molecule has 2 aromatic rings. The fourth-order valence-electron chi connectivity index (χ4n) is 2.18. The van der Waals surface area contributed by atoms with E-state index in [1.165, 1.54) is 11.6 Å². The van der Waals surface area contributed by atoms with Gasteiger partial charge in [-0.3, -0.25) is 0 Å². The molecule has 0 bridgehead atoms. The van der Waals surface area contributed by atoms with Crippen LogP contribution in [0.25, 0.3) is 0 Å². The van der Waals surface area contributed by atoms with Gasteiger partial charge in [0.1, 0.15) is 11.6 Å². The highest BCUT2D eigenvalue weighted by atomic mass is 19.1. The fourth-order valence-corrected chi connectivity index (χ4v) is 2.18. The third kappa shape index (κ3) is 5.26. The van der Waals surface area contributed by atoms with E-state index in [0.717, 1.165) is 18.3 Å². The summed E-state index contributed by atoms with van der Waals surface area (Å²) in [7, 11) is 0. The van der Waals surface area contributed by atoms with Crippen LogP contribution in [-0.4, -0.2) is 13.3 Å². The summed E-state index contributed by atoms with van der Waals surface area (Å²) in [6, 6.07) is 15.4. The lowest BCUT2D eigenvalue weighted by Crippen LogP contribution is -2.25. The maximum absolute atomic E-state index is 13.8. The summed E-state index contributed by atoms with van der Waals surface area (Å²) < 4.78 is 19.4. The third-order valence-corrected chi connectivity index (χ3v) is 3.32. The SMILES string of the molecule is C.CB(C)c1ccc(OCCCc2ccccc2)cc1F. The summed E-state index contributed by atoms with van der Waals surface area (Å²) in [5.74, 6) is 0.431. The molecule has 1 nitrogen and oxygen atoms in total. The van der Waals surface area contributed by atoms with Crippen LogP contribution in [0.15, 0.2) is 48.5 Å². The zero-order valence-electron chi connectivity index (χ0n) is 12.1. The number of hydrogen-bond donors (Lipinski definition) is 0. The minimum atomic E-state index is -0.180. The van der Waals surface area contributed by atoms with Gasteiger partial charge >= 0.3 is 0 Å². The third-order valence-electron chi connectivity index (χ3n) is 3.32. The van der Waals surface area contributed by atoms with Crippen LogP contribution >= 0.6 is 0 Å². The summed E-state index contributed by atoms with van der Waals surface area (Å²) in [6.07, 6.45) is 1.91. The predicted octanol–water partition coefficient (Wildman–Crippen LogP) is 4.43. The van der Waals surface area contributed by atoms with Gasteiger partial charge in [-0.1, -0.05) is 57.5 Å². The highest BCUT2D eigenvalue weighted by Gasteiger charge is 2.09. The lowest BCUT2D eigenvalue weighted by Gasteiger charge is -2.09. The van der Waals surface area contributed by atoms with E-state index in [1.54, 1.807) is 0 Å². The smallest absolute Gasteiger partial charge is 0.173 e. The monoisotopic (exact) mass is 286 g/mol. The summed E-state index contributed by atoms with van der Waals surface area (Å²) >= 11 is 0. The van der Waals surface area contributed by atoms with Crippen molar-refractivity contribution in [2.75, 3.05) is 6.61 Å². The van der Waals surface area contributed by atoms with Crippen LogP contribution in [0.1, 0.15) is 19.4 Å². The molecule has 112 valence electrons. The minimum Gasteiger partial charge on any atom is -0.493 e. The van der Waals surface area contributed by atoms with Gasteiger partial charge in [0.2, 0.25) is 0 Å². The van der Waals surface area contributed by atoms with Crippen molar-refractivity contribution >= 4 is 12.2 Å². The topological polar surface area (TPSA) is 9.23 Å². The van der Waals surface area contributed by atoms with Crippen molar-refractivity contribution in [1.29, 1.82) is 0 Å². The first-order valence-corrected chi connectivity index (χ1v) is 7.13. The molecule has 2 rings (SSSR count). The maximum atomic E-state index is 13.8. The molecule has 0 fully saturated rings. The largest absolute Gasteiger partial charge is 0.493 e. The second-order valence-electron chi connectivity index (χ2n) is 5.28. The van der Waals surface area contributed by atoms with E-state index in [1.807, 2.05) is 44.0 Å². The highest BCUT2D eigenvalue weighted by molar-refractivity contribution is 6.70. The van der Waals surface area contributed by atoms with E-state index in [0.29, 0.717) is 12.4 Å². The molecule has 0 saturated heterocycles. The lowest BCUT2D eigenvalue weighted by molar-refractivity contribution is 0.309. The molecule has 0 heterocycles. The summed E-state index contributed by atoms with van der Waals surface area (Å²) in [5.41, 5.74) is 2.04. The predicted molar refractivity (Wildman–Crippen MR) is 90.5 cm³/mol. The molecule has 0 aliphatic rings. The Morgan fingerprint density at radius 2 is 1.76 bits per heavy atom. The molecule has 0 aliphatic heterocycles. The van der Waals surface area contributed by atoms with Crippen LogP contribution in [0.2, 0.25) is 13.6 Å². The standard InChI is InChI=1S/C17H20BFO.CH4/c1-18(2)16-11-10-15(13-17(16)19)20-12-6-9-14-7-4-3-5-8-14;/h3-5,7-8,10-11,13H,6,9,12H2,1-2H3;1H4. The quantitative estimate of drug-likeness (QED) is 0.563. The molecule has 0 N–H and O–H groups in total. The first kappa shape index (κ1) is 17.3. The second-order valence-corrected chi connectivity index (χ2v) is 5.28. The number of halogens is 1. The molecule has 0 radical (unpaired) electrons. The van der Waals surface area contributed by atoms with Crippen molar-refractivity contribution in [3.05, 3.63) is 59.9 Å². The molecule has 0 unspecified atom stereocenters. The van der Waals surface area contributed by atoms with Gasteiger partial charge in [0.05, 0.1) is 6.61 Å². The highest BCUT2D eigenvalue weighted by Crippen LogP contribution is 2.12. The van der Waals surface area contributed by atoms with E-state index in [9.17, 15) is 4.39 Å². The zero-order valence-corrected chi connectivity index (χ0v) is 12.1. The molecular formula is C18H24BFO. The van der Waals surface area contributed by atoms with Crippen LogP contribution in [0.3, 0.4) is 0 Å². The number of ether oxygens (including phenoxy) is 1. The Morgan fingerprint density at radius 3 is 2.38 bits per heavy atom. The van der Waals surface area contributed by atoms with Crippen LogP contribution < -0.4 is 10.2 Å². The molecule has 0 amide bonds. The van der Waals surface area contributed by atoms with Crippen LogP contribution in [-0.2, 0) is 6.42 Å². The lowest BCUT2D eigenvalue weighted by atomic mass is 9.49. The molecule has 0 aliphatic carbocycles.